The summed E-state index contributed by atoms with van der Waals surface area (Å²) in [6.45, 7) is 4.53. The Hall–Kier alpha value is -0.340. The molecule has 2 aliphatic heterocycles. The van der Waals surface area contributed by atoms with E-state index in [0.717, 1.165) is 13.0 Å². The van der Waals surface area contributed by atoms with Crippen LogP contribution in [-0.4, -0.2) is 18.5 Å². The van der Waals surface area contributed by atoms with E-state index in [1.165, 1.54) is 25.7 Å². The topological polar surface area (TPSA) is 25.1 Å². The highest BCUT2D eigenvalue weighted by atomic mass is 16.9. The van der Waals surface area contributed by atoms with E-state index in [1.807, 2.05) is 6.08 Å². The molecule has 2 nitrogen and oxygen atoms in total. The molecular formula is C10H16O2. The Morgan fingerprint density at radius 2 is 2.25 bits per heavy atom. The van der Waals surface area contributed by atoms with Gasteiger partial charge in [-0.2, -0.15) is 0 Å². The van der Waals surface area contributed by atoms with E-state index in [4.69, 9.17) is 9.47 Å². The van der Waals surface area contributed by atoms with Gasteiger partial charge in [0.15, 0.2) is 0 Å². The van der Waals surface area contributed by atoms with Crippen LogP contribution in [0.5, 0.6) is 0 Å². The number of epoxide rings is 2. The fourth-order valence-corrected chi connectivity index (χ4v) is 1.61. The van der Waals surface area contributed by atoms with Crippen molar-refractivity contribution < 1.29 is 9.47 Å². The van der Waals surface area contributed by atoms with Gasteiger partial charge in [0.05, 0.1) is 0 Å². The largest absolute Gasteiger partial charge is 0.340 e. The van der Waals surface area contributed by atoms with Crippen molar-refractivity contribution in [2.75, 3.05) is 6.61 Å². The number of ether oxygens (including phenoxy) is 2. The van der Waals surface area contributed by atoms with Crippen LogP contribution in [0, 0.1) is 0 Å². The molecule has 0 N–H and O–H groups in total. The number of allylic oxidation sites excluding steroid dienone is 1. The monoisotopic (exact) mass is 168 g/mol. The lowest BCUT2D eigenvalue weighted by Gasteiger charge is -1.94. The maximum atomic E-state index is 5.38. The van der Waals surface area contributed by atoms with E-state index in [0.29, 0.717) is 6.10 Å². The lowest BCUT2D eigenvalue weighted by molar-refractivity contribution is 0.250. The average molecular weight is 168 g/mol. The molecule has 1 spiro atoms. The zero-order valence-electron chi connectivity index (χ0n) is 7.42. The lowest BCUT2D eigenvalue weighted by atomic mass is 10.1. The quantitative estimate of drug-likeness (QED) is 0.345. The molecule has 2 unspecified atom stereocenters. The number of hydrogen-bond donors (Lipinski definition) is 0. The highest BCUT2D eigenvalue weighted by molar-refractivity contribution is 5.03. The first-order valence-corrected chi connectivity index (χ1v) is 4.80. The van der Waals surface area contributed by atoms with E-state index in [1.54, 1.807) is 0 Å². The van der Waals surface area contributed by atoms with E-state index in [9.17, 15) is 0 Å². The molecule has 0 bridgehead atoms. The highest BCUT2D eigenvalue weighted by Gasteiger charge is 2.68. The van der Waals surface area contributed by atoms with Crippen LogP contribution in [0.4, 0.5) is 0 Å². The Morgan fingerprint density at radius 3 is 2.83 bits per heavy atom. The molecule has 0 radical (unpaired) electrons. The normalized spacial score (nSPS) is 36.8. The van der Waals surface area contributed by atoms with Gasteiger partial charge in [-0.25, -0.2) is 0 Å². The standard InChI is InChI=1S/C10H16O2/c1-2-3-4-5-6-7-9-10(12-9)8-11-10/h2,9H,1,3-8H2. The second-order valence-corrected chi connectivity index (χ2v) is 3.63. The molecule has 2 rings (SSSR count). The van der Waals surface area contributed by atoms with Gasteiger partial charge in [-0.3, -0.25) is 0 Å². The van der Waals surface area contributed by atoms with Crippen molar-refractivity contribution >= 4 is 0 Å². The van der Waals surface area contributed by atoms with Crippen molar-refractivity contribution in [1.82, 2.24) is 0 Å². The van der Waals surface area contributed by atoms with Gasteiger partial charge in [0.2, 0.25) is 5.79 Å². The molecule has 2 heterocycles. The van der Waals surface area contributed by atoms with Crippen LogP contribution in [-0.2, 0) is 9.47 Å². The first-order valence-electron chi connectivity index (χ1n) is 4.80. The minimum absolute atomic E-state index is 0.0571. The summed E-state index contributed by atoms with van der Waals surface area (Å²) in [5.41, 5.74) is 0. The Bertz CT molecular complexity index is 173. The highest BCUT2D eigenvalue weighted by Crippen LogP contribution is 2.50. The summed E-state index contributed by atoms with van der Waals surface area (Å²) in [6.07, 6.45) is 8.57. The van der Waals surface area contributed by atoms with Crippen LogP contribution < -0.4 is 0 Å². The molecule has 2 atom stereocenters. The summed E-state index contributed by atoms with van der Waals surface area (Å²) < 4.78 is 10.5. The van der Waals surface area contributed by atoms with E-state index < -0.39 is 0 Å². The number of rotatable bonds is 6. The molecule has 0 aromatic rings. The van der Waals surface area contributed by atoms with Crippen LogP contribution in [0.1, 0.15) is 32.1 Å². The summed E-state index contributed by atoms with van der Waals surface area (Å²) in [5.74, 6) is -0.0571. The van der Waals surface area contributed by atoms with Crippen LogP contribution in [0.3, 0.4) is 0 Å². The zero-order valence-corrected chi connectivity index (χ0v) is 7.42. The van der Waals surface area contributed by atoms with Crippen molar-refractivity contribution in [3.63, 3.8) is 0 Å². The van der Waals surface area contributed by atoms with Gasteiger partial charge in [0.25, 0.3) is 0 Å². The van der Waals surface area contributed by atoms with Crippen molar-refractivity contribution in [1.29, 1.82) is 0 Å². The molecule has 0 aliphatic carbocycles. The van der Waals surface area contributed by atoms with Gasteiger partial charge < -0.3 is 9.47 Å². The predicted octanol–water partition coefficient (Wildman–Crippen LogP) is 2.25. The van der Waals surface area contributed by atoms with Crippen LogP contribution in [0.2, 0.25) is 0 Å². The molecular weight excluding hydrogens is 152 g/mol. The van der Waals surface area contributed by atoms with Gasteiger partial charge >= 0.3 is 0 Å². The molecule has 2 heteroatoms. The first-order chi connectivity index (χ1) is 5.87. The molecule has 2 aliphatic rings. The molecule has 68 valence electrons. The summed E-state index contributed by atoms with van der Waals surface area (Å²) in [4.78, 5) is 0. The van der Waals surface area contributed by atoms with Crippen LogP contribution in [0.25, 0.3) is 0 Å². The van der Waals surface area contributed by atoms with Crippen molar-refractivity contribution in [2.45, 2.75) is 44.0 Å². The molecule has 2 fully saturated rings. The number of hydrogen-bond acceptors (Lipinski definition) is 2. The fraction of sp³-hybridized carbons (Fsp3) is 0.800. The Labute approximate surface area is 73.5 Å². The van der Waals surface area contributed by atoms with Crippen molar-refractivity contribution in [3.8, 4) is 0 Å². The third-order valence-electron chi connectivity index (χ3n) is 2.58. The van der Waals surface area contributed by atoms with Gasteiger partial charge in [0.1, 0.15) is 12.7 Å². The second-order valence-electron chi connectivity index (χ2n) is 3.63. The SMILES string of the molecule is C=CCCCCCC1OC12CO2. The van der Waals surface area contributed by atoms with Gasteiger partial charge in [-0.05, 0) is 19.3 Å². The van der Waals surface area contributed by atoms with E-state index >= 15 is 0 Å². The minimum atomic E-state index is -0.0571. The van der Waals surface area contributed by atoms with E-state index in [-0.39, 0.29) is 5.79 Å². The lowest BCUT2D eigenvalue weighted by Crippen LogP contribution is -1.93. The molecule has 0 aromatic carbocycles. The predicted molar refractivity (Wildman–Crippen MR) is 46.8 cm³/mol. The van der Waals surface area contributed by atoms with Crippen molar-refractivity contribution in [3.05, 3.63) is 12.7 Å². The summed E-state index contributed by atoms with van der Waals surface area (Å²) in [6, 6.07) is 0. The Morgan fingerprint density at radius 1 is 1.42 bits per heavy atom. The van der Waals surface area contributed by atoms with Crippen LogP contribution in [0.15, 0.2) is 12.7 Å². The second kappa shape index (κ2) is 3.19. The van der Waals surface area contributed by atoms with E-state index in [2.05, 4.69) is 6.58 Å². The molecule has 2 saturated heterocycles. The third-order valence-corrected chi connectivity index (χ3v) is 2.58. The van der Waals surface area contributed by atoms with Gasteiger partial charge in [-0.1, -0.05) is 18.9 Å². The summed E-state index contributed by atoms with van der Waals surface area (Å²) >= 11 is 0. The minimum Gasteiger partial charge on any atom is -0.340 e. The molecule has 12 heavy (non-hydrogen) atoms. The van der Waals surface area contributed by atoms with Crippen molar-refractivity contribution in [2.24, 2.45) is 0 Å². The maximum absolute atomic E-state index is 5.38. The third kappa shape index (κ3) is 1.70. The first kappa shape index (κ1) is 8.27. The maximum Gasteiger partial charge on any atom is 0.219 e. The molecule has 0 aromatic heterocycles. The average Bonchev–Trinajstić information content (AvgIpc) is 2.95. The van der Waals surface area contributed by atoms with Crippen LogP contribution >= 0.6 is 0 Å². The Kier molecular flexibility index (Phi) is 2.20. The zero-order chi connectivity index (χ0) is 8.44. The smallest absolute Gasteiger partial charge is 0.219 e. The van der Waals surface area contributed by atoms with Gasteiger partial charge in [0, 0.05) is 0 Å². The summed E-state index contributed by atoms with van der Waals surface area (Å²) in [7, 11) is 0. The van der Waals surface area contributed by atoms with Gasteiger partial charge in [-0.15, -0.1) is 6.58 Å². The Balaban J connectivity index is 1.45. The molecule has 0 amide bonds. The number of unbranched alkanes of at least 4 members (excludes halogenated alkanes) is 3. The summed E-state index contributed by atoms with van der Waals surface area (Å²) in [5, 5.41) is 0. The molecule has 0 saturated carbocycles. The fourth-order valence-electron chi connectivity index (χ4n) is 1.61.